The number of allylic oxidation sites excluding steroid dienone is 4. The van der Waals surface area contributed by atoms with Gasteiger partial charge in [0.2, 0.25) is 0 Å². The van der Waals surface area contributed by atoms with Crippen molar-refractivity contribution in [1.29, 1.82) is 0 Å². The second-order valence-electron chi connectivity index (χ2n) is 4.06. The third-order valence-electron chi connectivity index (χ3n) is 2.83. The van der Waals surface area contributed by atoms with Gasteiger partial charge in [-0.2, -0.15) is 0 Å². The zero-order valence-electron chi connectivity index (χ0n) is 8.15. The fourth-order valence-electron chi connectivity index (χ4n) is 1.30. The predicted molar refractivity (Wildman–Crippen MR) is 63.2 cm³/mol. The first-order chi connectivity index (χ1) is 5.47. The van der Waals surface area contributed by atoms with E-state index in [1.807, 2.05) is 0 Å². The molecule has 0 amide bonds. The van der Waals surface area contributed by atoms with Gasteiger partial charge in [-0.15, -0.1) is 18.5 Å². The molecule has 12 heavy (non-hydrogen) atoms. The summed E-state index contributed by atoms with van der Waals surface area (Å²) in [4.78, 5) is 0. The van der Waals surface area contributed by atoms with Gasteiger partial charge in [-0.1, -0.05) is 32.4 Å². The Labute approximate surface area is 80.3 Å². The molecule has 1 aliphatic rings. The first kappa shape index (κ1) is 10.4. The van der Waals surface area contributed by atoms with Crippen molar-refractivity contribution in [3.8, 4) is 0 Å². The minimum absolute atomic E-state index is 0.375. The molecule has 0 aromatic heterocycles. The Hall–Kier alpha value is 0.340. The molecule has 0 heterocycles. The van der Waals surface area contributed by atoms with Gasteiger partial charge in [0, 0.05) is 0 Å². The zero-order valence-corrected chi connectivity index (χ0v) is 10.5. The average molecular weight is 200 g/mol. The SMILES string of the molecule is CCC(C)(C)C1=CC(P)=C(P)C1. The van der Waals surface area contributed by atoms with Crippen molar-refractivity contribution >= 4 is 18.5 Å². The van der Waals surface area contributed by atoms with Gasteiger partial charge in [-0.25, -0.2) is 0 Å². The summed E-state index contributed by atoms with van der Waals surface area (Å²) in [5, 5.41) is 2.79. The third-order valence-corrected chi connectivity index (χ3v) is 4.24. The number of hydrogen-bond acceptors (Lipinski definition) is 0. The van der Waals surface area contributed by atoms with Crippen LogP contribution in [0.4, 0.5) is 0 Å². The smallest absolute Gasteiger partial charge is 0.00531 e. The highest BCUT2D eigenvalue weighted by molar-refractivity contribution is 7.28. The van der Waals surface area contributed by atoms with Crippen molar-refractivity contribution < 1.29 is 0 Å². The first-order valence-electron chi connectivity index (χ1n) is 4.42. The summed E-state index contributed by atoms with van der Waals surface area (Å²) in [7, 11) is 5.62. The van der Waals surface area contributed by atoms with Gasteiger partial charge in [0.25, 0.3) is 0 Å². The van der Waals surface area contributed by atoms with Crippen LogP contribution in [0.2, 0.25) is 0 Å². The molecule has 0 fully saturated rings. The van der Waals surface area contributed by atoms with Gasteiger partial charge in [0.1, 0.15) is 0 Å². The summed E-state index contributed by atoms with van der Waals surface area (Å²) in [6.07, 6.45) is 4.68. The van der Waals surface area contributed by atoms with Crippen LogP contribution in [0.1, 0.15) is 33.6 Å². The molecule has 68 valence electrons. The van der Waals surface area contributed by atoms with E-state index >= 15 is 0 Å². The maximum Gasteiger partial charge on any atom is -0.00531 e. The molecule has 0 nitrogen and oxygen atoms in total. The van der Waals surface area contributed by atoms with Crippen LogP contribution in [-0.4, -0.2) is 0 Å². The van der Waals surface area contributed by atoms with Crippen LogP contribution in [0.5, 0.6) is 0 Å². The molecule has 0 spiro atoms. The van der Waals surface area contributed by atoms with Gasteiger partial charge < -0.3 is 0 Å². The second-order valence-corrected chi connectivity index (χ2v) is 5.38. The van der Waals surface area contributed by atoms with E-state index < -0.39 is 0 Å². The van der Waals surface area contributed by atoms with E-state index in [4.69, 9.17) is 0 Å². The maximum absolute atomic E-state index is 2.82. The largest absolute Gasteiger partial charge is 0.109 e. The third kappa shape index (κ3) is 1.98. The predicted octanol–water partition coefficient (Wildman–Crippen LogP) is 3.71. The lowest BCUT2D eigenvalue weighted by Crippen LogP contribution is -2.11. The van der Waals surface area contributed by atoms with Gasteiger partial charge in [-0.3, -0.25) is 0 Å². The molecule has 2 atom stereocenters. The first-order valence-corrected chi connectivity index (χ1v) is 5.58. The Morgan fingerprint density at radius 2 is 2.00 bits per heavy atom. The molecule has 0 bridgehead atoms. The van der Waals surface area contributed by atoms with E-state index in [1.54, 1.807) is 5.57 Å². The Balaban J connectivity index is 2.79. The molecule has 1 aliphatic carbocycles. The summed E-state index contributed by atoms with van der Waals surface area (Å²) in [6, 6.07) is 0. The molecule has 1 rings (SSSR count). The topological polar surface area (TPSA) is 0 Å². The normalized spacial score (nSPS) is 18.6. The standard InChI is InChI=1S/C10H18P2/c1-4-10(2,3)7-5-8(11)9(12)6-7/h5H,4,6,11-12H2,1-3H3. The lowest BCUT2D eigenvalue weighted by atomic mass is 9.81. The lowest BCUT2D eigenvalue weighted by Gasteiger charge is -2.24. The highest BCUT2D eigenvalue weighted by atomic mass is 31.0. The Bertz CT molecular complexity index is 247. The van der Waals surface area contributed by atoms with Crippen LogP contribution in [-0.2, 0) is 0 Å². The Kier molecular flexibility index (Phi) is 3.13. The molecular formula is C10H18P2. The molecule has 0 aromatic carbocycles. The van der Waals surface area contributed by atoms with Gasteiger partial charge in [0.15, 0.2) is 0 Å². The molecule has 0 aliphatic heterocycles. The van der Waals surface area contributed by atoms with Gasteiger partial charge in [-0.05, 0) is 28.9 Å². The van der Waals surface area contributed by atoms with E-state index in [2.05, 4.69) is 45.3 Å². The number of hydrogen-bond donors (Lipinski definition) is 0. The molecular weight excluding hydrogens is 182 g/mol. The minimum atomic E-state index is 0.375. The molecule has 0 radical (unpaired) electrons. The fraction of sp³-hybridized carbons (Fsp3) is 0.600. The molecule has 0 N–H and O–H groups in total. The highest BCUT2D eigenvalue weighted by Crippen LogP contribution is 2.43. The van der Waals surface area contributed by atoms with Crippen molar-refractivity contribution in [3.05, 3.63) is 22.3 Å². The monoisotopic (exact) mass is 200 g/mol. The quantitative estimate of drug-likeness (QED) is 0.596. The summed E-state index contributed by atoms with van der Waals surface area (Å²) in [5.74, 6) is 0. The van der Waals surface area contributed by atoms with Crippen LogP contribution < -0.4 is 0 Å². The van der Waals surface area contributed by atoms with Crippen molar-refractivity contribution in [2.24, 2.45) is 5.41 Å². The van der Waals surface area contributed by atoms with E-state index in [0.29, 0.717) is 5.41 Å². The van der Waals surface area contributed by atoms with Crippen molar-refractivity contribution in [2.45, 2.75) is 33.6 Å². The molecule has 0 saturated carbocycles. The van der Waals surface area contributed by atoms with Gasteiger partial charge >= 0.3 is 0 Å². The summed E-state index contributed by atoms with van der Waals surface area (Å²) < 4.78 is 0. The Morgan fingerprint density at radius 3 is 2.33 bits per heavy atom. The van der Waals surface area contributed by atoms with Crippen molar-refractivity contribution in [3.63, 3.8) is 0 Å². The van der Waals surface area contributed by atoms with E-state index in [-0.39, 0.29) is 0 Å². The van der Waals surface area contributed by atoms with Crippen LogP contribution in [0.25, 0.3) is 0 Å². The molecule has 2 unspecified atom stereocenters. The summed E-state index contributed by atoms with van der Waals surface area (Å²) in [5.41, 5.74) is 1.94. The number of rotatable bonds is 2. The van der Waals surface area contributed by atoms with Crippen LogP contribution in [0.3, 0.4) is 0 Å². The van der Waals surface area contributed by atoms with E-state index in [0.717, 1.165) is 6.42 Å². The second kappa shape index (κ2) is 3.60. The maximum atomic E-state index is 2.82. The zero-order chi connectivity index (χ0) is 9.35. The van der Waals surface area contributed by atoms with Crippen LogP contribution >= 0.6 is 18.5 Å². The average Bonchev–Trinajstić information content (AvgIpc) is 2.33. The van der Waals surface area contributed by atoms with Crippen LogP contribution in [0, 0.1) is 5.41 Å². The Morgan fingerprint density at radius 1 is 1.42 bits per heavy atom. The van der Waals surface area contributed by atoms with Crippen molar-refractivity contribution in [1.82, 2.24) is 0 Å². The van der Waals surface area contributed by atoms with Crippen molar-refractivity contribution in [2.75, 3.05) is 0 Å². The van der Waals surface area contributed by atoms with E-state index in [1.165, 1.54) is 17.0 Å². The van der Waals surface area contributed by atoms with Gasteiger partial charge in [0.05, 0.1) is 0 Å². The summed E-state index contributed by atoms with van der Waals surface area (Å²) >= 11 is 0. The van der Waals surface area contributed by atoms with E-state index in [9.17, 15) is 0 Å². The summed E-state index contributed by atoms with van der Waals surface area (Å²) in [6.45, 7) is 6.89. The molecule has 0 aromatic rings. The fourth-order valence-corrected chi connectivity index (χ4v) is 1.91. The highest BCUT2D eigenvalue weighted by Gasteiger charge is 2.24. The lowest BCUT2D eigenvalue weighted by molar-refractivity contribution is 0.423. The van der Waals surface area contributed by atoms with Crippen LogP contribution in [0.15, 0.2) is 22.3 Å². The molecule has 2 heteroatoms. The molecule has 0 saturated heterocycles. The minimum Gasteiger partial charge on any atom is -0.109 e.